The Morgan fingerprint density at radius 3 is 2.43 bits per heavy atom. The van der Waals surface area contributed by atoms with Gasteiger partial charge in [-0.2, -0.15) is 0 Å². The van der Waals surface area contributed by atoms with Gasteiger partial charge in [-0.1, -0.05) is 25.0 Å². The Morgan fingerprint density at radius 1 is 0.952 bits per heavy atom. The van der Waals surface area contributed by atoms with Crippen molar-refractivity contribution < 1.29 is 9.59 Å². The van der Waals surface area contributed by atoms with Gasteiger partial charge in [-0.15, -0.1) is 12.3 Å². The monoisotopic (exact) mass is 288 g/mol. The van der Waals surface area contributed by atoms with Crippen molar-refractivity contribution in [2.24, 2.45) is 5.92 Å². The molecule has 0 saturated carbocycles. The normalized spacial score (nSPS) is 25.2. The molecule has 2 nitrogen and oxygen atoms in total. The minimum atomic E-state index is 0.00792. The molecule has 1 unspecified atom stereocenters. The molecule has 0 aromatic rings. The average molecular weight is 288 g/mol. The number of ketones is 2. The molecule has 21 heavy (non-hydrogen) atoms. The highest BCUT2D eigenvalue weighted by Crippen LogP contribution is 2.19. The molecular formula is C19H28O2. The highest BCUT2D eigenvalue weighted by Gasteiger charge is 2.17. The molecule has 0 spiro atoms. The molecule has 0 fully saturated rings. The molecule has 116 valence electrons. The molecule has 1 rings (SSSR count). The fourth-order valence-electron chi connectivity index (χ4n) is 2.79. The first-order chi connectivity index (χ1) is 10.2. The van der Waals surface area contributed by atoms with Gasteiger partial charge >= 0.3 is 0 Å². The van der Waals surface area contributed by atoms with Gasteiger partial charge in [-0.05, 0) is 38.5 Å². The maximum absolute atomic E-state index is 12.2. The predicted molar refractivity (Wildman–Crippen MR) is 86.9 cm³/mol. The standard InChI is InChI=1S/C19H28O2/c1-2-12-17-13-9-7-5-3-4-6-8-10-14-18(20)15-11-16-19(17)21/h1,4,6,17H,3,5,7-16H2/b6-4-. The molecule has 0 N–H and O–H groups in total. The van der Waals surface area contributed by atoms with Crippen LogP contribution >= 0.6 is 0 Å². The largest absolute Gasteiger partial charge is 0.300 e. The summed E-state index contributed by atoms with van der Waals surface area (Å²) in [5.74, 6) is 3.18. The van der Waals surface area contributed by atoms with Crippen LogP contribution in [0.4, 0.5) is 0 Å². The van der Waals surface area contributed by atoms with Crippen LogP contribution in [0, 0.1) is 18.3 Å². The van der Waals surface area contributed by atoms with Gasteiger partial charge in [0.25, 0.3) is 0 Å². The van der Waals surface area contributed by atoms with Gasteiger partial charge < -0.3 is 0 Å². The van der Waals surface area contributed by atoms with Crippen LogP contribution in [0.25, 0.3) is 0 Å². The number of carbonyl (C=O) groups is 2. The quantitative estimate of drug-likeness (QED) is 0.521. The summed E-state index contributed by atoms with van der Waals surface area (Å²) in [5.41, 5.74) is 0. The van der Waals surface area contributed by atoms with Crippen molar-refractivity contribution in [3.05, 3.63) is 12.2 Å². The Bertz CT molecular complexity index is 387. The molecule has 0 bridgehead atoms. The zero-order valence-electron chi connectivity index (χ0n) is 13.1. The smallest absolute Gasteiger partial charge is 0.136 e. The minimum Gasteiger partial charge on any atom is -0.300 e. The Morgan fingerprint density at radius 2 is 1.67 bits per heavy atom. The van der Waals surface area contributed by atoms with Crippen LogP contribution in [-0.4, -0.2) is 11.6 Å². The summed E-state index contributed by atoms with van der Waals surface area (Å²) >= 11 is 0. The first-order valence-electron chi connectivity index (χ1n) is 8.37. The molecule has 0 radical (unpaired) electrons. The molecule has 1 aliphatic rings. The SMILES string of the molecule is C#CCC1CCCCC/C=C\CCCC(=O)CCCC1=O. The fraction of sp³-hybridized carbons (Fsp3) is 0.684. The molecule has 0 amide bonds. The third kappa shape index (κ3) is 8.50. The van der Waals surface area contributed by atoms with Crippen LogP contribution < -0.4 is 0 Å². The number of hydrogen-bond donors (Lipinski definition) is 0. The first-order valence-corrected chi connectivity index (χ1v) is 8.37. The number of allylic oxidation sites excluding steroid dienone is 2. The average Bonchev–Trinajstić information content (AvgIpc) is 2.46. The van der Waals surface area contributed by atoms with Crippen LogP contribution in [0.3, 0.4) is 0 Å². The number of Topliss-reactive ketones (excluding diaryl/α,β-unsaturated/α-hetero) is 2. The second kappa shape index (κ2) is 11.3. The van der Waals surface area contributed by atoms with Gasteiger partial charge in [-0.3, -0.25) is 9.59 Å². The summed E-state index contributed by atoms with van der Waals surface area (Å²) in [5, 5.41) is 0. The summed E-state index contributed by atoms with van der Waals surface area (Å²) in [6, 6.07) is 0. The van der Waals surface area contributed by atoms with E-state index in [0.717, 1.165) is 38.5 Å². The lowest BCUT2D eigenvalue weighted by Crippen LogP contribution is -2.14. The van der Waals surface area contributed by atoms with Gasteiger partial charge in [0.05, 0.1) is 0 Å². The maximum atomic E-state index is 12.2. The second-order valence-electron chi connectivity index (χ2n) is 5.97. The van der Waals surface area contributed by atoms with E-state index in [4.69, 9.17) is 6.42 Å². The van der Waals surface area contributed by atoms with Gasteiger partial charge in [0.2, 0.25) is 0 Å². The van der Waals surface area contributed by atoms with Crippen molar-refractivity contribution in [1.29, 1.82) is 0 Å². The number of carbonyl (C=O) groups excluding carboxylic acids is 2. The van der Waals surface area contributed by atoms with Gasteiger partial charge in [0.15, 0.2) is 0 Å². The molecular weight excluding hydrogens is 260 g/mol. The van der Waals surface area contributed by atoms with E-state index in [9.17, 15) is 9.59 Å². The topological polar surface area (TPSA) is 34.1 Å². The van der Waals surface area contributed by atoms with Crippen molar-refractivity contribution in [3.8, 4) is 12.3 Å². The van der Waals surface area contributed by atoms with Crippen LogP contribution in [0.15, 0.2) is 12.2 Å². The maximum Gasteiger partial charge on any atom is 0.136 e. The zero-order chi connectivity index (χ0) is 15.3. The number of terminal acetylenes is 1. The van der Waals surface area contributed by atoms with E-state index in [1.165, 1.54) is 6.42 Å². The summed E-state index contributed by atoms with van der Waals surface area (Å²) in [6.07, 6.45) is 20.1. The summed E-state index contributed by atoms with van der Waals surface area (Å²) in [4.78, 5) is 23.9. The summed E-state index contributed by atoms with van der Waals surface area (Å²) in [6.45, 7) is 0. The zero-order valence-corrected chi connectivity index (χ0v) is 13.1. The van der Waals surface area contributed by atoms with Crippen LogP contribution in [0.5, 0.6) is 0 Å². The van der Waals surface area contributed by atoms with Crippen molar-refractivity contribution >= 4 is 11.6 Å². The van der Waals surface area contributed by atoms with Gasteiger partial charge in [-0.25, -0.2) is 0 Å². The van der Waals surface area contributed by atoms with Crippen LogP contribution in [-0.2, 0) is 9.59 Å². The summed E-state index contributed by atoms with van der Waals surface area (Å²) in [7, 11) is 0. The Labute approximate surface area is 129 Å². The minimum absolute atomic E-state index is 0.00792. The van der Waals surface area contributed by atoms with Crippen molar-refractivity contribution in [2.45, 2.75) is 77.0 Å². The first kappa shape index (κ1) is 17.7. The third-order valence-corrected chi connectivity index (χ3v) is 4.11. The molecule has 0 aliphatic heterocycles. The molecule has 0 aromatic heterocycles. The lowest BCUT2D eigenvalue weighted by Gasteiger charge is -2.13. The molecule has 2 heteroatoms. The van der Waals surface area contributed by atoms with Crippen molar-refractivity contribution in [2.75, 3.05) is 0 Å². The van der Waals surface area contributed by atoms with E-state index < -0.39 is 0 Å². The lowest BCUT2D eigenvalue weighted by molar-refractivity contribution is -0.123. The van der Waals surface area contributed by atoms with E-state index in [2.05, 4.69) is 18.1 Å². The van der Waals surface area contributed by atoms with E-state index in [0.29, 0.717) is 32.1 Å². The molecule has 1 aliphatic carbocycles. The lowest BCUT2D eigenvalue weighted by atomic mass is 9.90. The van der Waals surface area contributed by atoms with E-state index >= 15 is 0 Å². The van der Waals surface area contributed by atoms with E-state index in [-0.39, 0.29) is 17.5 Å². The molecule has 0 aromatic carbocycles. The summed E-state index contributed by atoms with van der Waals surface area (Å²) < 4.78 is 0. The van der Waals surface area contributed by atoms with Crippen molar-refractivity contribution in [1.82, 2.24) is 0 Å². The Hall–Kier alpha value is -1.36. The predicted octanol–water partition coefficient (Wildman–Crippen LogP) is 4.63. The highest BCUT2D eigenvalue weighted by atomic mass is 16.1. The fourth-order valence-corrected chi connectivity index (χ4v) is 2.79. The van der Waals surface area contributed by atoms with Crippen molar-refractivity contribution in [3.63, 3.8) is 0 Å². The molecule has 0 saturated heterocycles. The van der Waals surface area contributed by atoms with Crippen LogP contribution in [0.2, 0.25) is 0 Å². The third-order valence-electron chi connectivity index (χ3n) is 4.11. The number of rotatable bonds is 1. The highest BCUT2D eigenvalue weighted by molar-refractivity contribution is 5.82. The van der Waals surface area contributed by atoms with E-state index in [1.54, 1.807) is 0 Å². The van der Waals surface area contributed by atoms with Gasteiger partial charge in [0, 0.05) is 31.6 Å². The second-order valence-corrected chi connectivity index (χ2v) is 5.97. The van der Waals surface area contributed by atoms with Gasteiger partial charge in [0.1, 0.15) is 11.6 Å². The molecule has 0 heterocycles. The Balaban J connectivity index is 2.50. The van der Waals surface area contributed by atoms with E-state index in [1.807, 2.05) is 0 Å². The Kier molecular flexibility index (Phi) is 9.53. The van der Waals surface area contributed by atoms with Crippen LogP contribution in [0.1, 0.15) is 77.0 Å². The number of hydrogen-bond acceptors (Lipinski definition) is 2. The molecule has 1 atom stereocenters.